The van der Waals surface area contributed by atoms with Crippen molar-refractivity contribution in [3.8, 4) is 0 Å². The second kappa shape index (κ2) is 15.3. The summed E-state index contributed by atoms with van der Waals surface area (Å²) in [5.41, 5.74) is 1.40. The molecule has 0 saturated carbocycles. The Balaban J connectivity index is 0.00000512. The van der Waals surface area contributed by atoms with Gasteiger partial charge in [0.15, 0.2) is 5.96 Å². The Morgan fingerprint density at radius 3 is 2.47 bits per heavy atom. The van der Waals surface area contributed by atoms with Crippen molar-refractivity contribution < 1.29 is 14.3 Å². The molecule has 2 rings (SSSR count). The summed E-state index contributed by atoms with van der Waals surface area (Å²) in [6.07, 6.45) is 1.47. The zero-order valence-corrected chi connectivity index (χ0v) is 22.2. The Bertz CT molecular complexity index is 686. The van der Waals surface area contributed by atoms with Crippen LogP contribution in [0.1, 0.15) is 39.7 Å². The Morgan fingerprint density at radius 2 is 1.84 bits per heavy atom. The number of rotatable bonds is 9. The van der Waals surface area contributed by atoms with E-state index in [2.05, 4.69) is 32.8 Å². The molecule has 1 aromatic carbocycles. The molecule has 1 fully saturated rings. The van der Waals surface area contributed by atoms with Gasteiger partial charge in [-0.2, -0.15) is 0 Å². The highest BCUT2D eigenvalue weighted by molar-refractivity contribution is 14.0. The number of carbonyl (C=O) groups excluding carboxylic acids is 1. The zero-order chi connectivity index (χ0) is 22.5. The first-order chi connectivity index (χ1) is 14.9. The molecule has 1 saturated heterocycles. The van der Waals surface area contributed by atoms with Gasteiger partial charge in [-0.25, -0.2) is 4.79 Å². The second-order valence-corrected chi connectivity index (χ2v) is 8.57. The largest absolute Gasteiger partial charge is 0.444 e. The molecule has 0 unspecified atom stereocenters. The van der Waals surface area contributed by atoms with Crippen LogP contribution in [0, 0.1) is 0 Å². The first-order valence-corrected chi connectivity index (χ1v) is 11.3. The summed E-state index contributed by atoms with van der Waals surface area (Å²) in [5, 5.41) is 9.45. The summed E-state index contributed by atoms with van der Waals surface area (Å²) < 4.78 is 10.7. The van der Waals surface area contributed by atoms with E-state index in [-0.39, 0.29) is 24.0 Å². The van der Waals surface area contributed by atoms with Crippen molar-refractivity contribution in [2.75, 3.05) is 57.8 Å². The topological polar surface area (TPSA) is 87.2 Å². The SMILES string of the molecule is CCNC(=NCCCN1CCOCC1)NCCc1ccc(NC(=O)OC(C)(C)C)cc1.I. The van der Waals surface area contributed by atoms with Crippen molar-refractivity contribution in [3.63, 3.8) is 0 Å². The lowest BCUT2D eigenvalue weighted by Crippen LogP contribution is -2.39. The molecule has 1 heterocycles. The molecule has 3 N–H and O–H groups in total. The van der Waals surface area contributed by atoms with E-state index < -0.39 is 11.7 Å². The average Bonchev–Trinajstić information content (AvgIpc) is 2.72. The molecule has 0 atom stereocenters. The Morgan fingerprint density at radius 1 is 1.16 bits per heavy atom. The first kappa shape index (κ1) is 28.4. The second-order valence-electron chi connectivity index (χ2n) is 8.57. The number of hydrogen-bond acceptors (Lipinski definition) is 5. The molecule has 0 aliphatic carbocycles. The van der Waals surface area contributed by atoms with Crippen LogP contribution in [-0.4, -0.2) is 75.0 Å². The maximum atomic E-state index is 11.8. The molecule has 0 bridgehead atoms. The molecule has 182 valence electrons. The summed E-state index contributed by atoms with van der Waals surface area (Å²) >= 11 is 0. The number of anilines is 1. The minimum absolute atomic E-state index is 0. The van der Waals surface area contributed by atoms with Crippen LogP contribution in [0.25, 0.3) is 0 Å². The number of nitrogens with zero attached hydrogens (tertiary/aromatic N) is 2. The monoisotopic (exact) mass is 561 g/mol. The summed E-state index contributed by atoms with van der Waals surface area (Å²) in [6, 6.07) is 7.82. The molecule has 1 aromatic rings. The van der Waals surface area contributed by atoms with Gasteiger partial charge in [-0.15, -0.1) is 24.0 Å². The van der Waals surface area contributed by atoms with Gasteiger partial charge in [0.1, 0.15) is 5.60 Å². The number of aliphatic imine (C=N–C) groups is 1. The molecule has 1 aliphatic rings. The zero-order valence-electron chi connectivity index (χ0n) is 19.9. The van der Waals surface area contributed by atoms with Crippen molar-refractivity contribution in [2.24, 2.45) is 4.99 Å². The van der Waals surface area contributed by atoms with E-state index in [4.69, 9.17) is 9.47 Å². The van der Waals surface area contributed by atoms with Crippen LogP contribution in [0.3, 0.4) is 0 Å². The van der Waals surface area contributed by atoms with Crippen molar-refractivity contribution in [2.45, 2.75) is 46.1 Å². The van der Waals surface area contributed by atoms with Gasteiger partial charge in [-0.1, -0.05) is 12.1 Å². The van der Waals surface area contributed by atoms with Crippen LogP contribution in [0.2, 0.25) is 0 Å². The number of amides is 1. The lowest BCUT2D eigenvalue weighted by molar-refractivity contribution is 0.0377. The molecular weight excluding hydrogens is 521 g/mol. The van der Waals surface area contributed by atoms with Gasteiger partial charge in [0.25, 0.3) is 0 Å². The molecule has 1 amide bonds. The summed E-state index contributed by atoms with van der Waals surface area (Å²) in [5.74, 6) is 0.854. The van der Waals surface area contributed by atoms with E-state index in [0.29, 0.717) is 0 Å². The van der Waals surface area contributed by atoms with Gasteiger partial charge in [0.05, 0.1) is 13.2 Å². The third-order valence-corrected chi connectivity index (χ3v) is 4.66. The third kappa shape index (κ3) is 12.4. The van der Waals surface area contributed by atoms with Crippen molar-refractivity contribution >= 4 is 41.7 Å². The molecule has 8 nitrogen and oxygen atoms in total. The summed E-state index contributed by atoms with van der Waals surface area (Å²) in [6.45, 7) is 14.8. The first-order valence-electron chi connectivity index (χ1n) is 11.3. The standard InChI is InChI=1S/C23H39N5O3.HI/c1-5-24-21(25-12-6-14-28-15-17-30-18-16-28)26-13-11-19-7-9-20(10-8-19)27-22(29)31-23(2,3)4;/h7-10H,5-6,11-18H2,1-4H3,(H,27,29)(H2,24,25,26);1H. The van der Waals surface area contributed by atoms with Gasteiger partial charge in [-0.3, -0.25) is 15.2 Å². The number of morpholine rings is 1. The Hall–Kier alpha value is -1.59. The summed E-state index contributed by atoms with van der Waals surface area (Å²) in [4.78, 5) is 19.0. The molecule has 32 heavy (non-hydrogen) atoms. The fraction of sp³-hybridized carbons (Fsp3) is 0.652. The molecule has 9 heteroatoms. The van der Waals surface area contributed by atoms with Crippen LogP contribution in [0.5, 0.6) is 0 Å². The van der Waals surface area contributed by atoms with Crippen LogP contribution >= 0.6 is 24.0 Å². The fourth-order valence-corrected chi connectivity index (χ4v) is 3.15. The predicted octanol–water partition coefficient (Wildman–Crippen LogP) is 3.47. The van der Waals surface area contributed by atoms with Crippen LogP contribution < -0.4 is 16.0 Å². The Labute approximate surface area is 209 Å². The number of nitrogens with one attached hydrogen (secondary N) is 3. The minimum atomic E-state index is -0.510. The normalized spacial score (nSPS) is 14.9. The number of halogens is 1. The van der Waals surface area contributed by atoms with E-state index in [1.54, 1.807) is 0 Å². The molecular formula is C23H40IN5O3. The summed E-state index contributed by atoms with van der Waals surface area (Å²) in [7, 11) is 0. The third-order valence-electron chi connectivity index (χ3n) is 4.66. The van der Waals surface area contributed by atoms with Crippen molar-refractivity contribution in [1.82, 2.24) is 15.5 Å². The minimum Gasteiger partial charge on any atom is -0.444 e. The maximum Gasteiger partial charge on any atom is 0.412 e. The van der Waals surface area contributed by atoms with Crippen LogP contribution in [0.15, 0.2) is 29.3 Å². The van der Waals surface area contributed by atoms with Crippen LogP contribution in [-0.2, 0) is 15.9 Å². The van der Waals surface area contributed by atoms with Gasteiger partial charge in [0.2, 0.25) is 0 Å². The number of benzene rings is 1. The smallest absolute Gasteiger partial charge is 0.412 e. The van der Waals surface area contributed by atoms with E-state index in [1.807, 2.05) is 45.0 Å². The lowest BCUT2D eigenvalue weighted by Gasteiger charge is -2.26. The lowest BCUT2D eigenvalue weighted by atomic mass is 10.1. The fourth-order valence-electron chi connectivity index (χ4n) is 3.15. The number of ether oxygens (including phenoxy) is 2. The molecule has 1 aliphatic heterocycles. The van der Waals surface area contributed by atoms with Crippen molar-refractivity contribution in [3.05, 3.63) is 29.8 Å². The van der Waals surface area contributed by atoms with Gasteiger partial charge >= 0.3 is 6.09 Å². The van der Waals surface area contributed by atoms with E-state index in [0.717, 1.165) is 77.0 Å². The quantitative estimate of drug-likeness (QED) is 0.185. The van der Waals surface area contributed by atoms with Gasteiger partial charge in [0, 0.05) is 45.0 Å². The van der Waals surface area contributed by atoms with Gasteiger partial charge < -0.3 is 20.1 Å². The number of guanidine groups is 1. The Kier molecular flexibility index (Phi) is 13.6. The molecule has 0 aromatic heterocycles. The van der Waals surface area contributed by atoms with E-state index in [9.17, 15) is 4.79 Å². The molecule has 0 spiro atoms. The molecule has 0 radical (unpaired) electrons. The van der Waals surface area contributed by atoms with Gasteiger partial charge in [-0.05, 0) is 58.2 Å². The highest BCUT2D eigenvalue weighted by Gasteiger charge is 2.16. The number of hydrogen-bond donors (Lipinski definition) is 3. The van der Waals surface area contributed by atoms with E-state index >= 15 is 0 Å². The predicted molar refractivity (Wildman–Crippen MR) is 141 cm³/mol. The van der Waals surface area contributed by atoms with Crippen molar-refractivity contribution in [1.29, 1.82) is 0 Å². The van der Waals surface area contributed by atoms with Crippen LogP contribution in [0.4, 0.5) is 10.5 Å². The highest BCUT2D eigenvalue weighted by atomic mass is 127. The average molecular weight is 562 g/mol. The highest BCUT2D eigenvalue weighted by Crippen LogP contribution is 2.13. The van der Waals surface area contributed by atoms with E-state index in [1.165, 1.54) is 5.56 Å². The maximum absolute atomic E-state index is 11.8. The number of carbonyl (C=O) groups is 1.